The van der Waals surface area contributed by atoms with Crippen LogP contribution in [0.1, 0.15) is 94.6 Å². The Morgan fingerprint density at radius 1 is 1.17 bits per heavy atom. The maximum Gasteiger partial charge on any atom is 0.329 e. The van der Waals surface area contributed by atoms with Gasteiger partial charge in [-0.05, 0) is 37.7 Å². The Kier molecular flexibility index (Phi) is 9.23. The summed E-state index contributed by atoms with van der Waals surface area (Å²) in [4.78, 5) is 60.5. The number of aryl methyl sites for hydroxylation is 1. The Hall–Kier alpha value is -2.97. The summed E-state index contributed by atoms with van der Waals surface area (Å²) >= 11 is 0. The molecule has 1 fully saturated rings. The maximum absolute atomic E-state index is 13.7. The lowest BCUT2D eigenvalue weighted by atomic mass is 9.95. The minimum Gasteiger partial charge on any atom is -0.356 e. The van der Waals surface area contributed by atoms with Gasteiger partial charge in [0, 0.05) is 31.9 Å². The van der Waals surface area contributed by atoms with E-state index in [0.29, 0.717) is 38.3 Å². The fraction of sp³-hybridized carbons (Fsp3) is 0.654. The highest BCUT2D eigenvalue weighted by Crippen LogP contribution is 2.24. The van der Waals surface area contributed by atoms with Gasteiger partial charge in [-0.2, -0.15) is 0 Å². The molecule has 1 unspecified atom stereocenters. The summed E-state index contributed by atoms with van der Waals surface area (Å²) in [6.07, 6.45) is 6.49. The van der Waals surface area contributed by atoms with E-state index >= 15 is 0 Å². The molecule has 0 bridgehead atoms. The number of aromatic amines is 1. The lowest BCUT2D eigenvalue weighted by Crippen LogP contribution is -2.46. The number of H-pyrrole nitrogens is 1. The van der Waals surface area contributed by atoms with Gasteiger partial charge in [0.25, 0.3) is 11.5 Å². The summed E-state index contributed by atoms with van der Waals surface area (Å²) in [5.41, 5.74) is -0.000247. The Morgan fingerprint density at radius 2 is 1.94 bits per heavy atom. The van der Waals surface area contributed by atoms with Crippen LogP contribution in [0.2, 0.25) is 0 Å². The first kappa shape index (κ1) is 26.6. The molecule has 35 heavy (non-hydrogen) atoms. The summed E-state index contributed by atoms with van der Waals surface area (Å²) < 4.78 is 1.43. The second-order valence-electron chi connectivity index (χ2n) is 9.80. The molecule has 0 aliphatic carbocycles. The molecule has 2 amide bonds. The number of unbranched alkanes of at least 4 members (excludes halogenated alkanes) is 3. The number of fused-ring (bicyclic) bond motifs is 1. The van der Waals surface area contributed by atoms with E-state index in [1.807, 2.05) is 20.8 Å². The van der Waals surface area contributed by atoms with Gasteiger partial charge < -0.3 is 10.2 Å². The van der Waals surface area contributed by atoms with Crippen molar-refractivity contribution in [3.8, 4) is 0 Å². The Bertz CT molecular complexity index is 1170. The number of nitrogens with one attached hydrogen (secondary N) is 2. The van der Waals surface area contributed by atoms with E-state index in [1.165, 1.54) is 4.57 Å². The van der Waals surface area contributed by atoms with Gasteiger partial charge in [0.1, 0.15) is 0 Å². The Morgan fingerprint density at radius 3 is 2.63 bits per heavy atom. The topological polar surface area (TPSA) is 117 Å². The first-order valence-corrected chi connectivity index (χ1v) is 13.0. The van der Waals surface area contributed by atoms with Gasteiger partial charge in [-0.15, -0.1) is 0 Å². The molecule has 1 aliphatic rings. The highest BCUT2D eigenvalue weighted by atomic mass is 16.2. The number of carbonyl (C=O) groups excluding carboxylic acids is 2. The average molecular weight is 486 g/mol. The van der Waals surface area contributed by atoms with E-state index in [2.05, 4.69) is 22.2 Å². The van der Waals surface area contributed by atoms with E-state index in [9.17, 15) is 19.2 Å². The van der Waals surface area contributed by atoms with Gasteiger partial charge in [0.05, 0.1) is 16.9 Å². The smallest absolute Gasteiger partial charge is 0.329 e. The molecule has 0 radical (unpaired) electrons. The molecule has 1 saturated heterocycles. The minimum absolute atomic E-state index is 0.00278. The van der Waals surface area contributed by atoms with E-state index in [4.69, 9.17) is 0 Å². The van der Waals surface area contributed by atoms with Gasteiger partial charge in [-0.25, -0.2) is 9.78 Å². The van der Waals surface area contributed by atoms with Crippen LogP contribution in [-0.2, 0) is 11.3 Å². The molecule has 1 aliphatic heterocycles. The second-order valence-corrected chi connectivity index (χ2v) is 9.80. The van der Waals surface area contributed by atoms with Crippen LogP contribution < -0.4 is 16.6 Å². The molecule has 192 valence electrons. The molecule has 3 rings (SSSR count). The number of likely N-dealkylation sites (tertiary alicyclic amines) is 1. The highest BCUT2D eigenvalue weighted by molar-refractivity contribution is 6.05. The van der Waals surface area contributed by atoms with Crippen molar-refractivity contribution in [3.05, 3.63) is 38.2 Å². The van der Waals surface area contributed by atoms with Crippen molar-refractivity contribution in [2.24, 2.45) is 5.92 Å². The summed E-state index contributed by atoms with van der Waals surface area (Å²) in [5, 5.41) is 3.16. The summed E-state index contributed by atoms with van der Waals surface area (Å²) in [7, 11) is 0. The van der Waals surface area contributed by atoms with Gasteiger partial charge >= 0.3 is 5.69 Å². The standard InChI is InChI=1S/C26H39N5O4/c1-5-7-8-9-12-27-23(32)18-11-10-14-30(16-18)25(34)19-15-20(17(3)4)28-22-21(19)24(33)29-26(35)31(22)13-6-2/h15,17-18H,5-14,16H2,1-4H3,(H,27,32)(H,29,33,35). The number of hydrogen-bond acceptors (Lipinski definition) is 5. The van der Waals surface area contributed by atoms with Crippen LogP contribution >= 0.6 is 0 Å². The van der Waals surface area contributed by atoms with Gasteiger partial charge in [0.15, 0.2) is 5.65 Å². The van der Waals surface area contributed by atoms with E-state index in [-0.39, 0.29) is 40.2 Å². The van der Waals surface area contributed by atoms with E-state index < -0.39 is 11.2 Å². The van der Waals surface area contributed by atoms with E-state index in [0.717, 1.165) is 38.5 Å². The molecule has 0 aromatic carbocycles. The van der Waals surface area contributed by atoms with Crippen LogP contribution in [0.15, 0.2) is 15.7 Å². The third-order valence-corrected chi connectivity index (χ3v) is 6.65. The van der Waals surface area contributed by atoms with Crippen molar-refractivity contribution in [1.29, 1.82) is 0 Å². The number of hydrogen-bond donors (Lipinski definition) is 2. The monoisotopic (exact) mass is 485 g/mol. The minimum atomic E-state index is -0.609. The third-order valence-electron chi connectivity index (χ3n) is 6.65. The quantitative estimate of drug-likeness (QED) is 0.501. The van der Waals surface area contributed by atoms with Crippen LogP contribution in [0.3, 0.4) is 0 Å². The summed E-state index contributed by atoms with van der Waals surface area (Å²) in [5.74, 6) is -0.584. The van der Waals surface area contributed by atoms with Crippen LogP contribution in [0.4, 0.5) is 0 Å². The predicted molar refractivity (Wildman–Crippen MR) is 137 cm³/mol. The number of nitrogens with zero attached hydrogens (tertiary/aromatic N) is 3. The molecule has 2 N–H and O–H groups in total. The number of rotatable bonds is 10. The number of piperidine rings is 1. The summed E-state index contributed by atoms with van der Waals surface area (Å²) in [6, 6.07) is 1.67. The van der Waals surface area contributed by atoms with Crippen molar-refractivity contribution in [1.82, 2.24) is 24.8 Å². The number of carbonyl (C=O) groups is 2. The zero-order chi connectivity index (χ0) is 25.5. The average Bonchev–Trinajstić information content (AvgIpc) is 2.85. The lowest BCUT2D eigenvalue weighted by molar-refractivity contribution is -0.126. The molecule has 9 nitrogen and oxygen atoms in total. The van der Waals surface area contributed by atoms with Crippen LogP contribution in [0, 0.1) is 5.92 Å². The lowest BCUT2D eigenvalue weighted by Gasteiger charge is -2.32. The van der Waals surface area contributed by atoms with Crippen molar-refractivity contribution >= 4 is 22.8 Å². The normalized spacial score (nSPS) is 16.1. The van der Waals surface area contributed by atoms with Crippen LogP contribution in [-0.4, -0.2) is 50.9 Å². The summed E-state index contributed by atoms with van der Waals surface area (Å²) in [6.45, 7) is 9.88. The fourth-order valence-electron chi connectivity index (χ4n) is 4.64. The van der Waals surface area contributed by atoms with Crippen molar-refractivity contribution in [3.63, 3.8) is 0 Å². The van der Waals surface area contributed by atoms with Gasteiger partial charge in [-0.3, -0.25) is 23.9 Å². The first-order valence-electron chi connectivity index (χ1n) is 13.0. The Labute approximate surface area is 206 Å². The van der Waals surface area contributed by atoms with Crippen LogP contribution in [0.5, 0.6) is 0 Å². The maximum atomic E-state index is 13.7. The van der Waals surface area contributed by atoms with Crippen molar-refractivity contribution < 1.29 is 9.59 Å². The third kappa shape index (κ3) is 6.18. The molecular weight excluding hydrogens is 446 g/mol. The zero-order valence-electron chi connectivity index (χ0n) is 21.5. The molecular formula is C26H39N5O4. The van der Waals surface area contributed by atoms with Crippen molar-refractivity contribution in [2.75, 3.05) is 19.6 Å². The molecule has 3 heterocycles. The van der Waals surface area contributed by atoms with Gasteiger partial charge in [0.2, 0.25) is 5.91 Å². The van der Waals surface area contributed by atoms with Crippen molar-refractivity contribution in [2.45, 2.75) is 85.1 Å². The number of amides is 2. The first-order chi connectivity index (χ1) is 16.8. The molecule has 2 aromatic heterocycles. The molecule has 1 atom stereocenters. The SMILES string of the molecule is CCCCCCNC(=O)C1CCCN(C(=O)c2cc(C(C)C)nc3c2c(=O)[nH]c(=O)n3CCC)C1. The molecule has 9 heteroatoms. The van der Waals surface area contributed by atoms with Gasteiger partial charge in [-0.1, -0.05) is 47.0 Å². The number of aromatic nitrogens is 3. The molecule has 0 saturated carbocycles. The Balaban J connectivity index is 1.91. The number of pyridine rings is 1. The molecule has 0 spiro atoms. The molecule has 2 aromatic rings. The fourth-order valence-corrected chi connectivity index (χ4v) is 4.64. The predicted octanol–water partition coefficient (Wildman–Crippen LogP) is 3.17. The van der Waals surface area contributed by atoms with Crippen LogP contribution in [0.25, 0.3) is 11.0 Å². The zero-order valence-corrected chi connectivity index (χ0v) is 21.5. The largest absolute Gasteiger partial charge is 0.356 e. The van der Waals surface area contributed by atoms with E-state index in [1.54, 1.807) is 11.0 Å². The second kappa shape index (κ2) is 12.1. The highest BCUT2D eigenvalue weighted by Gasteiger charge is 2.31.